The van der Waals surface area contributed by atoms with E-state index in [2.05, 4.69) is 15.4 Å². The number of nitrogens with one attached hydrogen (secondary N) is 2. The van der Waals surface area contributed by atoms with E-state index in [1.165, 1.54) is 28.6 Å². The van der Waals surface area contributed by atoms with Crippen LogP contribution in [0.3, 0.4) is 0 Å². The summed E-state index contributed by atoms with van der Waals surface area (Å²) < 4.78 is 65.0. The molecular weight excluding hydrogens is 411 g/mol. The van der Waals surface area contributed by atoms with Crippen LogP contribution in [0.1, 0.15) is 36.5 Å². The Balaban J connectivity index is 1.80. The van der Waals surface area contributed by atoms with Crippen LogP contribution in [0.25, 0.3) is 0 Å². The van der Waals surface area contributed by atoms with Crippen molar-refractivity contribution in [2.75, 3.05) is 18.4 Å². The summed E-state index contributed by atoms with van der Waals surface area (Å²) in [5.41, 5.74) is -0.0393. The molecule has 12 heteroatoms. The molecule has 29 heavy (non-hydrogen) atoms. The number of carbonyl (C=O) groups is 1. The number of hydrogen-bond donors (Lipinski definition) is 2. The molecule has 3 rings (SSSR count). The summed E-state index contributed by atoms with van der Waals surface area (Å²) in [4.78, 5) is 15.4. The third-order valence-corrected chi connectivity index (χ3v) is 6.38. The lowest BCUT2D eigenvalue weighted by Gasteiger charge is -2.34. The molecule has 1 aliphatic heterocycles. The molecule has 0 spiro atoms. The number of aromatic nitrogens is 3. The van der Waals surface area contributed by atoms with E-state index in [-0.39, 0.29) is 22.3 Å². The fourth-order valence-electron chi connectivity index (χ4n) is 3.37. The van der Waals surface area contributed by atoms with Gasteiger partial charge in [-0.25, -0.2) is 8.42 Å². The van der Waals surface area contributed by atoms with Crippen molar-refractivity contribution in [2.24, 2.45) is 11.8 Å². The largest absolute Gasteiger partial charge is 0.451 e. The molecule has 1 saturated heterocycles. The van der Waals surface area contributed by atoms with Gasteiger partial charge in [-0.2, -0.15) is 22.5 Å². The van der Waals surface area contributed by atoms with Crippen molar-refractivity contribution in [3.8, 4) is 0 Å². The first kappa shape index (κ1) is 21.2. The standard InChI is InChI=1S/C17H20F3N5O3S/c1-10-6-11(2)9-25(8-10)29(27,28)13-5-3-4-12(7-13)14(26)21-16-22-15(23-24-16)17(18,19)20/h3-5,7,10-11H,6,8-9H2,1-2H3,(H2,21,22,23,24,26). The summed E-state index contributed by atoms with van der Waals surface area (Å²) in [6.45, 7) is 4.74. The first-order chi connectivity index (χ1) is 13.5. The second-order valence-electron chi connectivity index (χ2n) is 7.26. The zero-order valence-electron chi connectivity index (χ0n) is 15.7. The van der Waals surface area contributed by atoms with Gasteiger partial charge in [0.1, 0.15) is 0 Å². The van der Waals surface area contributed by atoms with Gasteiger partial charge in [0.15, 0.2) is 0 Å². The van der Waals surface area contributed by atoms with Crippen molar-refractivity contribution in [3.05, 3.63) is 35.7 Å². The van der Waals surface area contributed by atoms with Crippen molar-refractivity contribution >= 4 is 21.9 Å². The molecule has 158 valence electrons. The Morgan fingerprint density at radius 3 is 2.48 bits per heavy atom. The minimum absolute atomic E-state index is 0.0393. The van der Waals surface area contributed by atoms with Crippen molar-refractivity contribution < 1.29 is 26.4 Å². The van der Waals surface area contributed by atoms with Crippen molar-refractivity contribution in [3.63, 3.8) is 0 Å². The lowest BCUT2D eigenvalue weighted by Crippen LogP contribution is -2.42. The normalized spacial score (nSPS) is 21.1. The highest BCUT2D eigenvalue weighted by molar-refractivity contribution is 7.89. The van der Waals surface area contributed by atoms with E-state index in [1.807, 2.05) is 13.8 Å². The Kier molecular flexibility index (Phi) is 5.68. The highest BCUT2D eigenvalue weighted by atomic mass is 32.2. The number of hydrogen-bond acceptors (Lipinski definition) is 5. The minimum atomic E-state index is -4.73. The number of amides is 1. The van der Waals surface area contributed by atoms with Gasteiger partial charge in [-0.05, 0) is 36.5 Å². The SMILES string of the molecule is CC1CC(C)CN(S(=O)(=O)c2cccc(C(=O)Nc3n[nH]c(C(F)(F)F)n3)c2)C1. The molecule has 1 aromatic heterocycles. The Labute approximate surface area is 165 Å². The number of nitrogens with zero attached hydrogens (tertiary/aromatic N) is 3. The van der Waals surface area contributed by atoms with Crippen LogP contribution in [0, 0.1) is 11.8 Å². The topological polar surface area (TPSA) is 108 Å². The van der Waals surface area contributed by atoms with Gasteiger partial charge in [0, 0.05) is 18.7 Å². The van der Waals surface area contributed by atoms with Gasteiger partial charge in [0.05, 0.1) is 4.90 Å². The first-order valence-electron chi connectivity index (χ1n) is 8.88. The number of aromatic amines is 1. The molecule has 0 saturated carbocycles. The van der Waals surface area contributed by atoms with E-state index in [0.717, 1.165) is 6.42 Å². The van der Waals surface area contributed by atoms with E-state index in [1.54, 1.807) is 5.10 Å². The molecular formula is C17H20F3N5O3S. The zero-order valence-corrected chi connectivity index (χ0v) is 16.5. The second kappa shape index (κ2) is 7.75. The first-order valence-corrected chi connectivity index (χ1v) is 10.3. The third kappa shape index (κ3) is 4.75. The Morgan fingerprint density at radius 2 is 1.90 bits per heavy atom. The molecule has 2 unspecified atom stereocenters. The Hall–Kier alpha value is -2.47. The highest BCUT2D eigenvalue weighted by Crippen LogP contribution is 2.28. The molecule has 2 heterocycles. The fourth-order valence-corrected chi connectivity index (χ4v) is 5.09. The highest BCUT2D eigenvalue weighted by Gasteiger charge is 2.35. The summed E-state index contributed by atoms with van der Waals surface area (Å²) in [6, 6.07) is 5.32. The van der Waals surface area contributed by atoms with Gasteiger partial charge in [-0.3, -0.25) is 15.2 Å². The van der Waals surface area contributed by atoms with E-state index in [0.29, 0.717) is 13.1 Å². The van der Waals surface area contributed by atoms with Gasteiger partial charge < -0.3 is 0 Å². The number of anilines is 1. The molecule has 1 amide bonds. The zero-order chi connectivity index (χ0) is 21.4. The predicted octanol–water partition coefficient (Wildman–Crippen LogP) is 2.74. The number of H-pyrrole nitrogens is 1. The predicted molar refractivity (Wildman–Crippen MR) is 97.5 cm³/mol. The van der Waals surface area contributed by atoms with Crippen LogP contribution in [0.4, 0.5) is 19.1 Å². The number of carbonyl (C=O) groups excluding carboxylic acids is 1. The average molecular weight is 431 g/mol. The van der Waals surface area contributed by atoms with Crippen LogP contribution in [-0.2, 0) is 16.2 Å². The van der Waals surface area contributed by atoms with Gasteiger partial charge in [-0.1, -0.05) is 19.9 Å². The second-order valence-corrected chi connectivity index (χ2v) is 9.19. The monoisotopic (exact) mass is 431 g/mol. The number of halogens is 3. The van der Waals surface area contributed by atoms with Gasteiger partial charge in [0.25, 0.3) is 5.91 Å². The van der Waals surface area contributed by atoms with E-state index < -0.39 is 33.9 Å². The van der Waals surface area contributed by atoms with Crippen molar-refractivity contribution in [1.82, 2.24) is 19.5 Å². The summed E-state index contributed by atoms with van der Waals surface area (Å²) >= 11 is 0. The van der Waals surface area contributed by atoms with Gasteiger partial charge in [-0.15, -0.1) is 5.10 Å². The smallest absolute Gasteiger partial charge is 0.289 e. The quantitative estimate of drug-likeness (QED) is 0.774. The van der Waals surface area contributed by atoms with Gasteiger partial charge >= 0.3 is 6.18 Å². The Bertz CT molecular complexity index is 996. The summed E-state index contributed by atoms with van der Waals surface area (Å²) in [5.74, 6) is -2.30. The van der Waals surface area contributed by atoms with Crippen molar-refractivity contribution in [1.29, 1.82) is 0 Å². The Morgan fingerprint density at radius 1 is 1.24 bits per heavy atom. The van der Waals surface area contributed by atoms with Crippen LogP contribution >= 0.6 is 0 Å². The molecule has 1 aliphatic rings. The van der Waals surface area contributed by atoms with Crippen LogP contribution < -0.4 is 5.32 Å². The molecule has 0 radical (unpaired) electrons. The van der Waals surface area contributed by atoms with Crippen LogP contribution in [0.15, 0.2) is 29.2 Å². The summed E-state index contributed by atoms with van der Waals surface area (Å²) in [7, 11) is -3.80. The maximum atomic E-state index is 13.0. The van der Waals surface area contributed by atoms with Crippen LogP contribution in [0.2, 0.25) is 0 Å². The molecule has 2 N–H and O–H groups in total. The lowest BCUT2D eigenvalue weighted by atomic mass is 9.94. The van der Waals surface area contributed by atoms with E-state index >= 15 is 0 Å². The minimum Gasteiger partial charge on any atom is -0.289 e. The maximum Gasteiger partial charge on any atom is 0.451 e. The fraction of sp³-hybridized carbons (Fsp3) is 0.471. The molecule has 8 nitrogen and oxygen atoms in total. The molecule has 0 aliphatic carbocycles. The molecule has 2 aromatic rings. The third-order valence-electron chi connectivity index (χ3n) is 4.55. The van der Waals surface area contributed by atoms with Gasteiger partial charge in [0.2, 0.25) is 21.8 Å². The van der Waals surface area contributed by atoms with E-state index in [9.17, 15) is 26.4 Å². The van der Waals surface area contributed by atoms with Crippen LogP contribution in [-0.4, -0.2) is 46.9 Å². The molecule has 1 fully saturated rings. The van der Waals surface area contributed by atoms with Crippen molar-refractivity contribution in [2.45, 2.75) is 31.3 Å². The van der Waals surface area contributed by atoms with E-state index in [4.69, 9.17) is 0 Å². The average Bonchev–Trinajstić information content (AvgIpc) is 3.10. The molecule has 2 atom stereocenters. The number of alkyl halides is 3. The number of sulfonamides is 1. The summed E-state index contributed by atoms with van der Waals surface area (Å²) in [5, 5.41) is 7.10. The molecule has 1 aromatic carbocycles. The lowest BCUT2D eigenvalue weighted by molar-refractivity contribution is -0.144. The number of rotatable bonds is 4. The number of benzene rings is 1. The summed E-state index contributed by atoms with van der Waals surface area (Å²) in [6.07, 6.45) is -3.79. The molecule has 0 bridgehead atoms. The maximum absolute atomic E-state index is 13.0. The number of piperidine rings is 1. The van der Waals surface area contributed by atoms with Crippen LogP contribution in [0.5, 0.6) is 0 Å².